The predicted molar refractivity (Wildman–Crippen MR) is 103 cm³/mol. The van der Waals surface area contributed by atoms with Gasteiger partial charge in [-0.1, -0.05) is 96.0 Å². The Morgan fingerprint density at radius 3 is 1.52 bits per heavy atom. The first-order valence-electron chi connectivity index (χ1n) is 7.38. The van der Waals surface area contributed by atoms with Crippen LogP contribution in [-0.4, -0.2) is 0 Å². The van der Waals surface area contributed by atoms with E-state index in [0.717, 1.165) is 9.80 Å². The predicted octanol–water partition coefficient (Wildman–Crippen LogP) is 6.72. The SMILES string of the molecule is C(=Cc1ccccc1)=C(Sc1ccccc1)Sc1ccccc1. The van der Waals surface area contributed by atoms with Crippen molar-refractivity contribution in [2.75, 3.05) is 0 Å². The van der Waals surface area contributed by atoms with Gasteiger partial charge >= 0.3 is 0 Å². The van der Waals surface area contributed by atoms with Crippen molar-refractivity contribution < 1.29 is 0 Å². The zero-order valence-corrected chi connectivity index (χ0v) is 14.2. The highest BCUT2D eigenvalue weighted by atomic mass is 32.2. The molecule has 0 saturated carbocycles. The lowest BCUT2D eigenvalue weighted by Gasteiger charge is -2.04. The third-order valence-electron chi connectivity index (χ3n) is 3.06. The highest BCUT2D eigenvalue weighted by Gasteiger charge is 2.02. The topological polar surface area (TPSA) is 0 Å². The van der Waals surface area contributed by atoms with Crippen LogP contribution in [0, 0.1) is 0 Å². The molecule has 0 N–H and O–H groups in total. The van der Waals surface area contributed by atoms with Crippen LogP contribution in [0.2, 0.25) is 0 Å². The van der Waals surface area contributed by atoms with E-state index in [2.05, 4.69) is 66.4 Å². The summed E-state index contributed by atoms with van der Waals surface area (Å²) < 4.78 is 1.13. The lowest BCUT2D eigenvalue weighted by atomic mass is 10.2. The summed E-state index contributed by atoms with van der Waals surface area (Å²) >= 11 is 3.48. The molecule has 0 bridgehead atoms. The Morgan fingerprint density at radius 1 is 0.609 bits per heavy atom. The van der Waals surface area contributed by atoms with E-state index in [9.17, 15) is 0 Å². The molecule has 3 aromatic carbocycles. The van der Waals surface area contributed by atoms with Crippen molar-refractivity contribution >= 4 is 29.6 Å². The van der Waals surface area contributed by atoms with Gasteiger partial charge in [0.15, 0.2) is 0 Å². The largest absolute Gasteiger partial charge is 0.0977 e. The summed E-state index contributed by atoms with van der Waals surface area (Å²) in [4.78, 5) is 2.44. The molecule has 0 spiro atoms. The molecule has 0 heterocycles. The van der Waals surface area contributed by atoms with Crippen molar-refractivity contribution in [2.24, 2.45) is 0 Å². The van der Waals surface area contributed by atoms with Gasteiger partial charge in [-0.15, -0.1) is 0 Å². The van der Waals surface area contributed by atoms with Crippen LogP contribution in [0.3, 0.4) is 0 Å². The van der Waals surface area contributed by atoms with Crippen molar-refractivity contribution in [3.63, 3.8) is 0 Å². The molecular formula is C21H16S2. The standard InChI is InChI=1S/C21H16S2/c1-4-10-18(11-5-1)16-17-21(22-19-12-6-2-7-13-19)23-20-14-8-3-9-15-20/h1-16H. The molecule has 0 amide bonds. The van der Waals surface area contributed by atoms with Gasteiger partial charge in [-0.3, -0.25) is 0 Å². The van der Waals surface area contributed by atoms with Gasteiger partial charge in [0.05, 0.1) is 4.24 Å². The molecule has 0 unspecified atom stereocenters. The molecule has 0 fully saturated rings. The fraction of sp³-hybridized carbons (Fsp3) is 0. The normalized spacial score (nSPS) is 9.91. The summed E-state index contributed by atoms with van der Waals surface area (Å²) in [7, 11) is 0. The van der Waals surface area contributed by atoms with Gasteiger partial charge in [0.1, 0.15) is 0 Å². The van der Waals surface area contributed by atoms with Crippen molar-refractivity contribution in [3.05, 3.63) is 107 Å². The average Bonchev–Trinajstić information content (AvgIpc) is 2.62. The van der Waals surface area contributed by atoms with Crippen LogP contribution >= 0.6 is 23.5 Å². The zero-order valence-electron chi connectivity index (χ0n) is 12.6. The Hall–Kier alpha value is -2.12. The van der Waals surface area contributed by atoms with Gasteiger partial charge in [0, 0.05) is 9.79 Å². The van der Waals surface area contributed by atoms with E-state index in [1.54, 1.807) is 23.5 Å². The van der Waals surface area contributed by atoms with Crippen LogP contribution in [0.4, 0.5) is 0 Å². The van der Waals surface area contributed by atoms with E-state index in [-0.39, 0.29) is 0 Å². The summed E-state index contributed by atoms with van der Waals surface area (Å²) in [6.45, 7) is 0. The molecule has 23 heavy (non-hydrogen) atoms. The number of hydrogen-bond donors (Lipinski definition) is 0. The molecule has 2 heteroatoms. The highest BCUT2D eigenvalue weighted by molar-refractivity contribution is 8.22. The minimum absolute atomic E-state index is 1.13. The van der Waals surface area contributed by atoms with Crippen molar-refractivity contribution in [3.8, 4) is 0 Å². The minimum Gasteiger partial charge on any atom is -0.0977 e. The molecule has 3 rings (SSSR count). The third-order valence-corrected chi connectivity index (χ3v) is 5.19. The van der Waals surface area contributed by atoms with Crippen LogP contribution in [0.15, 0.2) is 111 Å². The second-order valence-electron chi connectivity index (χ2n) is 4.82. The summed E-state index contributed by atoms with van der Waals surface area (Å²) in [5, 5.41) is 0. The van der Waals surface area contributed by atoms with E-state index >= 15 is 0 Å². The van der Waals surface area contributed by atoms with Crippen molar-refractivity contribution in [1.29, 1.82) is 0 Å². The fourth-order valence-electron chi connectivity index (χ4n) is 1.96. The van der Waals surface area contributed by atoms with Crippen molar-refractivity contribution in [2.45, 2.75) is 9.79 Å². The second-order valence-corrected chi connectivity index (χ2v) is 7.24. The average molecular weight is 332 g/mol. The quantitative estimate of drug-likeness (QED) is 0.375. The maximum absolute atomic E-state index is 3.45. The van der Waals surface area contributed by atoms with Gasteiger partial charge in [0.2, 0.25) is 0 Å². The first-order chi connectivity index (χ1) is 11.4. The van der Waals surface area contributed by atoms with E-state index in [0.29, 0.717) is 0 Å². The van der Waals surface area contributed by atoms with Gasteiger partial charge in [-0.05, 0) is 35.9 Å². The molecule has 0 aromatic heterocycles. The van der Waals surface area contributed by atoms with Crippen LogP contribution in [-0.2, 0) is 0 Å². The van der Waals surface area contributed by atoms with Gasteiger partial charge < -0.3 is 0 Å². The Labute approximate surface area is 146 Å². The highest BCUT2D eigenvalue weighted by Crippen LogP contribution is 2.38. The number of benzene rings is 3. The minimum atomic E-state index is 1.13. The fourth-order valence-corrected chi connectivity index (χ4v) is 3.96. The molecule has 0 aliphatic carbocycles. The molecule has 0 aliphatic heterocycles. The number of rotatable bonds is 5. The Kier molecular flexibility index (Phi) is 5.82. The lowest BCUT2D eigenvalue weighted by molar-refractivity contribution is 1.46. The van der Waals surface area contributed by atoms with E-state index < -0.39 is 0 Å². The third kappa shape index (κ3) is 5.22. The molecule has 0 saturated heterocycles. The Balaban J connectivity index is 1.88. The maximum atomic E-state index is 3.45. The van der Waals surface area contributed by atoms with E-state index in [1.807, 2.05) is 36.4 Å². The summed E-state index contributed by atoms with van der Waals surface area (Å²) in [5.74, 6) is 0. The molecule has 112 valence electrons. The molecule has 0 nitrogen and oxygen atoms in total. The Morgan fingerprint density at radius 2 is 1.04 bits per heavy atom. The lowest BCUT2D eigenvalue weighted by Crippen LogP contribution is -1.74. The van der Waals surface area contributed by atoms with Gasteiger partial charge in [0.25, 0.3) is 0 Å². The second kappa shape index (κ2) is 8.50. The molecular weight excluding hydrogens is 316 g/mol. The van der Waals surface area contributed by atoms with E-state index in [1.165, 1.54) is 9.79 Å². The monoisotopic (exact) mass is 332 g/mol. The molecule has 0 atom stereocenters. The van der Waals surface area contributed by atoms with Gasteiger partial charge in [-0.2, -0.15) is 0 Å². The van der Waals surface area contributed by atoms with Crippen LogP contribution in [0.25, 0.3) is 6.08 Å². The number of hydrogen-bond acceptors (Lipinski definition) is 2. The van der Waals surface area contributed by atoms with Crippen molar-refractivity contribution in [1.82, 2.24) is 0 Å². The first kappa shape index (κ1) is 15.8. The maximum Gasteiger partial charge on any atom is 0.0921 e. The van der Waals surface area contributed by atoms with Crippen LogP contribution in [0.1, 0.15) is 5.56 Å². The summed E-state index contributed by atoms with van der Waals surface area (Å²) in [6, 6.07) is 31.1. The summed E-state index contributed by atoms with van der Waals surface area (Å²) in [6.07, 6.45) is 2.04. The Bertz CT molecular complexity index is 744. The molecule has 3 aromatic rings. The molecule has 0 radical (unpaired) electrons. The smallest absolute Gasteiger partial charge is 0.0921 e. The molecule has 0 aliphatic rings. The zero-order chi connectivity index (χ0) is 15.7. The summed E-state index contributed by atoms with van der Waals surface area (Å²) in [5.41, 5.74) is 4.61. The van der Waals surface area contributed by atoms with Crippen LogP contribution < -0.4 is 0 Å². The number of thioether (sulfide) groups is 2. The van der Waals surface area contributed by atoms with E-state index in [4.69, 9.17) is 0 Å². The van der Waals surface area contributed by atoms with Crippen LogP contribution in [0.5, 0.6) is 0 Å². The van der Waals surface area contributed by atoms with Gasteiger partial charge in [-0.25, -0.2) is 0 Å². The first-order valence-corrected chi connectivity index (χ1v) is 9.01.